The summed E-state index contributed by atoms with van der Waals surface area (Å²) in [5.74, 6) is -0.705. The highest BCUT2D eigenvalue weighted by atomic mass is 35.5. The van der Waals surface area contributed by atoms with E-state index in [-0.39, 0.29) is 36.4 Å². The third-order valence-electron chi connectivity index (χ3n) is 5.14. The van der Waals surface area contributed by atoms with Gasteiger partial charge in [0.25, 0.3) is 0 Å². The van der Waals surface area contributed by atoms with Crippen LogP contribution in [0.5, 0.6) is 17.5 Å². The molecule has 40 heavy (non-hydrogen) atoms. The van der Waals surface area contributed by atoms with E-state index in [1.165, 1.54) is 29.8 Å². The van der Waals surface area contributed by atoms with Gasteiger partial charge in [-0.1, -0.05) is 43.3 Å². The maximum Gasteiger partial charge on any atom is 0.573 e. The lowest BCUT2D eigenvalue weighted by Crippen LogP contribution is -2.45. The molecule has 1 unspecified atom stereocenters. The van der Waals surface area contributed by atoms with Crippen molar-refractivity contribution >= 4 is 29.7 Å². The molecular formula is C26H31ClF3N5O5. The fraction of sp³-hybridized carbons (Fsp3) is 0.346. The number of carbonyl (C=O) groups excluding carboxylic acids is 2. The number of aliphatic hydroxyl groups excluding tert-OH is 1. The van der Waals surface area contributed by atoms with Crippen molar-refractivity contribution in [1.82, 2.24) is 20.2 Å². The Morgan fingerprint density at radius 1 is 1.32 bits per heavy atom. The molecule has 0 saturated heterocycles. The Balaban J connectivity index is 2.48. The lowest BCUT2D eigenvalue weighted by Gasteiger charge is -2.18. The molecule has 0 spiro atoms. The van der Waals surface area contributed by atoms with Gasteiger partial charge in [0.15, 0.2) is 12.1 Å². The third-order valence-corrected chi connectivity index (χ3v) is 5.27. The summed E-state index contributed by atoms with van der Waals surface area (Å²) in [7, 11) is 1.35. The second-order valence-electron chi connectivity index (χ2n) is 8.35. The normalized spacial score (nSPS) is 13.0. The number of allylic oxidation sites excluding steroid dienone is 5. The molecule has 0 saturated carbocycles. The number of halogens is 4. The van der Waals surface area contributed by atoms with E-state index in [0.717, 1.165) is 23.5 Å². The van der Waals surface area contributed by atoms with Gasteiger partial charge in [0.05, 0.1) is 13.1 Å². The number of aliphatic hydroxyl groups is 1. The molecule has 0 radical (unpaired) electrons. The number of amides is 2. The van der Waals surface area contributed by atoms with Crippen LogP contribution in [0.1, 0.15) is 30.8 Å². The summed E-state index contributed by atoms with van der Waals surface area (Å²) in [4.78, 5) is 30.4. The van der Waals surface area contributed by atoms with Crippen LogP contribution in [0, 0.1) is 0 Å². The van der Waals surface area contributed by atoms with Gasteiger partial charge in [-0.25, -0.2) is 4.79 Å². The molecule has 2 rings (SSSR count). The summed E-state index contributed by atoms with van der Waals surface area (Å²) in [5.41, 5.74) is 0.502. The molecule has 2 aromatic rings. The van der Waals surface area contributed by atoms with Crippen molar-refractivity contribution < 1.29 is 37.3 Å². The van der Waals surface area contributed by atoms with E-state index < -0.39 is 24.4 Å². The molecule has 0 fully saturated rings. The molecular weight excluding hydrogens is 555 g/mol. The number of benzene rings is 1. The zero-order valence-corrected chi connectivity index (χ0v) is 22.9. The Morgan fingerprint density at radius 2 is 2.02 bits per heavy atom. The number of nitrogens with zero attached hydrogens (tertiary/aromatic N) is 3. The number of imidazole rings is 1. The largest absolute Gasteiger partial charge is 0.573 e. The standard InChI is InChI=1S/C26H31ClF3N5O5/c1-5-12-31-22(37)14-32-24(38)34(4)23-21(16-36)35(15-18(6-2)11-10-17(3)27)25(33-23)39-19-8-7-9-20(13-19)40-26(28,29)30/h6-11,13,16,22,31,37H,2,5,12,14-15H2,1,3-4H3,(H,32,38)/b17-10+,18-11+. The number of alkyl halides is 3. The van der Waals surface area contributed by atoms with E-state index in [0.29, 0.717) is 23.4 Å². The van der Waals surface area contributed by atoms with E-state index in [1.54, 1.807) is 19.1 Å². The molecule has 1 aromatic carbocycles. The fourth-order valence-corrected chi connectivity index (χ4v) is 3.30. The summed E-state index contributed by atoms with van der Waals surface area (Å²) in [6.07, 6.45) is 0.0857. The number of aromatic nitrogens is 2. The van der Waals surface area contributed by atoms with E-state index in [2.05, 4.69) is 26.9 Å². The molecule has 10 nitrogen and oxygen atoms in total. The van der Waals surface area contributed by atoms with Crippen LogP contribution in [-0.4, -0.2) is 59.7 Å². The summed E-state index contributed by atoms with van der Waals surface area (Å²) in [6.45, 7) is 7.74. The van der Waals surface area contributed by atoms with Crippen molar-refractivity contribution in [1.29, 1.82) is 0 Å². The molecule has 1 atom stereocenters. The lowest BCUT2D eigenvalue weighted by atomic mass is 10.2. The topological polar surface area (TPSA) is 118 Å². The van der Waals surface area contributed by atoms with Crippen molar-refractivity contribution in [2.75, 3.05) is 25.0 Å². The van der Waals surface area contributed by atoms with Crippen LogP contribution >= 0.6 is 11.6 Å². The second-order valence-corrected chi connectivity index (χ2v) is 8.94. The molecule has 0 aliphatic heterocycles. The predicted molar refractivity (Wildman–Crippen MR) is 145 cm³/mol. The number of aldehydes is 1. The minimum atomic E-state index is -4.91. The SMILES string of the molecule is C=C/C(=C\C=C(/C)Cl)Cn1c(Oc2cccc(OC(F)(F)F)c2)nc(N(C)C(=O)NCC(O)NCCC)c1C=O. The Bertz CT molecular complexity index is 1240. The second kappa shape index (κ2) is 15.1. The van der Waals surface area contributed by atoms with Crippen molar-refractivity contribution in [2.45, 2.75) is 39.4 Å². The number of anilines is 1. The molecule has 0 bridgehead atoms. The molecule has 1 aromatic heterocycles. The average Bonchev–Trinajstić information content (AvgIpc) is 3.23. The predicted octanol–water partition coefficient (Wildman–Crippen LogP) is 5.11. The van der Waals surface area contributed by atoms with Crippen LogP contribution in [0.3, 0.4) is 0 Å². The smallest absolute Gasteiger partial charge is 0.425 e. The van der Waals surface area contributed by atoms with Gasteiger partial charge in [-0.05, 0) is 43.7 Å². The van der Waals surface area contributed by atoms with Gasteiger partial charge in [0.1, 0.15) is 23.4 Å². The molecule has 2 amide bonds. The highest BCUT2D eigenvalue weighted by Gasteiger charge is 2.31. The minimum absolute atomic E-state index is 0.0194. The first-order valence-corrected chi connectivity index (χ1v) is 12.4. The number of hydrogen-bond donors (Lipinski definition) is 3. The maximum atomic E-state index is 12.8. The summed E-state index contributed by atoms with van der Waals surface area (Å²) < 4.78 is 49.2. The van der Waals surface area contributed by atoms with E-state index in [9.17, 15) is 27.9 Å². The number of urea groups is 1. The molecule has 0 aliphatic rings. The number of nitrogens with one attached hydrogen (secondary N) is 2. The minimum Gasteiger partial charge on any atom is -0.425 e. The van der Waals surface area contributed by atoms with Gasteiger partial charge in [-0.3, -0.25) is 19.6 Å². The number of hydrogen-bond acceptors (Lipinski definition) is 7. The number of rotatable bonds is 14. The summed E-state index contributed by atoms with van der Waals surface area (Å²) in [6, 6.07) is 3.86. The first kappa shape index (κ1) is 32.4. The van der Waals surface area contributed by atoms with Crippen LogP contribution in [-0.2, 0) is 6.54 Å². The van der Waals surface area contributed by atoms with E-state index >= 15 is 0 Å². The monoisotopic (exact) mass is 585 g/mol. The van der Waals surface area contributed by atoms with Crippen molar-refractivity contribution in [2.24, 2.45) is 0 Å². The molecule has 218 valence electrons. The lowest BCUT2D eigenvalue weighted by molar-refractivity contribution is -0.274. The van der Waals surface area contributed by atoms with Gasteiger partial charge in [0, 0.05) is 18.1 Å². The Hall–Kier alpha value is -3.81. The fourth-order valence-electron chi connectivity index (χ4n) is 3.24. The quantitative estimate of drug-likeness (QED) is 0.160. The zero-order valence-electron chi connectivity index (χ0n) is 22.2. The summed E-state index contributed by atoms with van der Waals surface area (Å²) in [5, 5.41) is 15.8. The zero-order chi connectivity index (χ0) is 29.9. The maximum absolute atomic E-state index is 12.8. The van der Waals surface area contributed by atoms with Crippen molar-refractivity contribution in [3.63, 3.8) is 0 Å². The van der Waals surface area contributed by atoms with Gasteiger partial charge < -0.3 is 19.9 Å². The molecule has 1 heterocycles. The van der Waals surface area contributed by atoms with Gasteiger partial charge in [-0.15, -0.1) is 13.2 Å². The van der Waals surface area contributed by atoms with Crippen LogP contribution in [0.25, 0.3) is 0 Å². The van der Waals surface area contributed by atoms with E-state index in [1.807, 2.05) is 6.92 Å². The van der Waals surface area contributed by atoms with Crippen LogP contribution in [0.4, 0.5) is 23.8 Å². The van der Waals surface area contributed by atoms with Gasteiger partial charge >= 0.3 is 18.4 Å². The third kappa shape index (κ3) is 10.1. The van der Waals surface area contributed by atoms with Gasteiger partial charge in [0.2, 0.25) is 0 Å². The van der Waals surface area contributed by atoms with Gasteiger partial charge in [-0.2, -0.15) is 4.98 Å². The van der Waals surface area contributed by atoms with E-state index in [4.69, 9.17) is 16.3 Å². The van der Waals surface area contributed by atoms with Crippen LogP contribution in [0.2, 0.25) is 0 Å². The number of carbonyl (C=O) groups is 2. The summed E-state index contributed by atoms with van der Waals surface area (Å²) >= 11 is 5.92. The molecule has 0 aliphatic carbocycles. The molecule has 14 heteroatoms. The highest BCUT2D eigenvalue weighted by Crippen LogP contribution is 2.32. The Labute approximate surface area is 234 Å². The highest BCUT2D eigenvalue weighted by molar-refractivity contribution is 6.29. The first-order valence-electron chi connectivity index (χ1n) is 12.1. The Kier molecular flexibility index (Phi) is 12.2. The average molecular weight is 586 g/mol. The first-order chi connectivity index (χ1) is 18.9. The van der Waals surface area contributed by atoms with Crippen molar-refractivity contribution in [3.05, 3.63) is 65.4 Å². The van der Waals surface area contributed by atoms with Crippen LogP contribution < -0.4 is 25.0 Å². The Morgan fingerprint density at radius 3 is 2.62 bits per heavy atom. The number of ether oxygens (including phenoxy) is 2. The van der Waals surface area contributed by atoms with Crippen molar-refractivity contribution in [3.8, 4) is 17.5 Å². The molecule has 3 N–H and O–H groups in total. The van der Waals surface area contributed by atoms with Crippen LogP contribution in [0.15, 0.2) is 59.7 Å².